The fourth-order valence-corrected chi connectivity index (χ4v) is 3.16. The highest BCUT2D eigenvalue weighted by Crippen LogP contribution is 2.27. The number of nitrogens with zero attached hydrogens (tertiary/aromatic N) is 2. The number of rotatable bonds is 5. The average Bonchev–Trinajstić information content (AvgIpc) is 3.01. The SMILES string of the molecule is Cc1cc(NC(=O)Cc2ccccc2[N+](=O)[O-])ccc1N1CCCC1=O. The summed E-state index contributed by atoms with van der Waals surface area (Å²) < 4.78 is 0. The Kier molecular flexibility index (Phi) is 4.97. The molecule has 1 aliphatic heterocycles. The van der Waals surface area contributed by atoms with Gasteiger partial charge in [-0.2, -0.15) is 0 Å². The number of carbonyl (C=O) groups is 2. The van der Waals surface area contributed by atoms with Crippen molar-refractivity contribution in [2.45, 2.75) is 26.2 Å². The van der Waals surface area contributed by atoms with Gasteiger partial charge in [0.15, 0.2) is 0 Å². The van der Waals surface area contributed by atoms with Gasteiger partial charge < -0.3 is 10.2 Å². The van der Waals surface area contributed by atoms with Crippen LogP contribution in [0.3, 0.4) is 0 Å². The Bertz CT molecular complexity index is 879. The van der Waals surface area contributed by atoms with Crippen LogP contribution < -0.4 is 10.2 Å². The summed E-state index contributed by atoms with van der Waals surface area (Å²) in [6.07, 6.45) is 1.34. The first-order valence-electron chi connectivity index (χ1n) is 8.39. The number of nitrogens with one attached hydrogen (secondary N) is 1. The number of hydrogen-bond donors (Lipinski definition) is 1. The van der Waals surface area contributed by atoms with Crippen LogP contribution in [-0.2, 0) is 16.0 Å². The number of amides is 2. The van der Waals surface area contributed by atoms with Crippen LogP contribution in [0.4, 0.5) is 17.1 Å². The molecule has 1 aliphatic rings. The number of para-hydroxylation sites is 1. The zero-order valence-corrected chi connectivity index (χ0v) is 14.4. The molecule has 7 heteroatoms. The molecule has 0 radical (unpaired) electrons. The molecule has 0 saturated carbocycles. The number of nitro benzene ring substituents is 1. The molecule has 0 atom stereocenters. The van der Waals surface area contributed by atoms with E-state index < -0.39 is 4.92 Å². The van der Waals surface area contributed by atoms with Crippen molar-refractivity contribution in [1.29, 1.82) is 0 Å². The van der Waals surface area contributed by atoms with E-state index in [4.69, 9.17) is 0 Å². The van der Waals surface area contributed by atoms with Gasteiger partial charge in [0.1, 0.15) is 0 Å². The van der Waals surface area contributed by atoms with Gasteiger partial charge in [-0.25, -0.2) is 0 Å². The van der Waals surface area contributed by atoms with Crippen LogP contribution in [0.15, 0.2) is 42.5 Å². The molecule has 0 aliphatic carbocycles. The van der Waals surface area contributed by atoms with Crippen LogP contribution in [-0.4, -0.2) is 23.3 Å². The molecule has 2 aromatic carbocycles. The van der Waals surface area contributed by atoms with Crippen molar-refractivity contribution in [3.63, 3.8) is 0 Å². The van der Waals surface area contributed by atoms with Gasteiger partial charge in [-0.05, 0) is 37.1 Å². The zero-order valence-electron chi connectivity index (χ0n) is 14.4. The molecule has 0 spiro atoms. The first-order valence-corrected chi connectivity index (χ1v) is 8.39. The first-order chi connectivity index (χ1) is 12.5. The van der Waals surface area contributed by atoms with E-state index in [9.17, 15) is 19.7 Å². The van der Waals surface area contributed by atoms with E-state index in [1.807, 2.05) is 13.0 Å². The second-order valence-corrected chi connectivity index (χ2v) is 6.26. The van der Waals surface area contributed by atoms with Crippen molar-refractivity contribution < 1.29 is 14.5 Å². The molecular formula is C19H19N3O4. The second kappa shape index (κ2) is 7.35. The van der Waals surface area contributed by atoms with E-state index in [2.05, 4.69) is 5.32 Å². The molecule has 26 heavy (non-hydrogen) atoms. The Labute approximate surface area is 150 Å². The molecule has 0 unspecified atom stereocenters. The summed E-state index contributed by atoms with van der Waals surface area (Å²) in [6, 6.07) is 11.6. The molecule has 3 rings (SSSR count). The largest absolute Gasteiger partial charge is 0.326 e. The standard InChI is InChI=1S/C19H19N3O4/c1-13-11-15(8-9-16(13)21-10-4-7-19(21)24)20-18(23)12-14-5-2-3-6-17(14)22(25)26/h2-3,5-6,8-9,11H,4,7,10,12H2,1H3,(H,20,23). The minimum Gasteiger partial charge on any atom is -0.326 e. The highest BCUT2D eigenvalue weighted by molar-refractivity contribution is 5.97. The van der Waals surface area contributed by atoms with E-state index in [1.165, 1.54) is 6.07 Å². The van der Waals surface area contributed by atoms with Gasteiger partial charge in [0.05, 0.1) is 11.3 Å². The summed E-state index contributed by atoms with van der Waals surface area (Å²) in [7, 11) is 0. The maximum atomic E-state index is 12.3. The van der Waals surface area contributed by atoms with Gasteiger partial charge in [-0.1, -0.05) is 18.2 Å². The zero-order chi connectivity index (χ0) is 18.7. The molecule has 1 N–H and O–H groups in total. The van der Waals surface area contributed by atoms with Crippen LogP contribution in [0.2, 0.25) is 0 Å². The molecule has 0 aromatic heterocycles. The Hall–Kier alpha value is -3.22. The summed E-state index contributed by atoms with van der Waals surface area (Å²) in [4.78, 5) is 36.4. The number of anilines is 2. The quantitative estimate of drug-likeness (QED) is 0.660. The van der Waals surface area contributed by atoms with E-state index in [0.717, 1.165) is 17.7 Å². The number of hydrogen-bond acceptors (Lipinski definition) is 4. The van der Waals surface area contributed by atoms with Crippen molar-refractivity contribution in [3.8, 4) is 0 Å². The van der Waals surface area contributed by atoms with Gasteiger partial charge in [0.25, 0.3) is 5.69 Å². The lowest BCUT2D eigenvalue weighted by atomic mass is 10.1. The molecule has 1 fully saturated rings. The van der Waals surface area contributed by atoms with Gasteiger partial charge in [0, 0.05) is 36.0 Å². The topological polar surface area (TPSA) is 92.5 Å². The van der Waals surface area contributed by atoms with Crippen molar-refractivity contribution in [2.24, 2.45) is 0 Å². The number of aryl methyl sites for hydroxylation is 1. The average molecular weight is 353 g/mol. The molecule has 0 bridgehead atoms. The monoisotopic (exact) mass is 353 g/mol. The van der Waals surface area contributed by atoms with Crippen molar-refractivity contribution in [2.75, 3.05) is 16.8 Å². The Morgan fingerprint density at radius 3 is 2.69 bits per heavy atom. The Morgan fingerprint density at radius 1 is 1.27 bits per heavy atom. The van der Waals surface area contributed by atoms with E-state index >= 15 is 0 Å². The highest BCUT2D eigenvalue weighted by Gasteiger charge is 2.23. The Balaban J connectivity index is 1.71. The third-order valence-corrected chi connectivity index (χ3v) is 4.38. The minimum atomic E-state index is -0.491. The van der Waals surface area contributed by atoms with Crippen molar-refractivity contribution >= 4 is 28.9 Å². The lowest BCUT2D eigenvalue weighted by molar-refractivity contribution is -0.385. The molecule has 2 aromatic rings. The van der Waals surface area contributed by atoms with Crippen molar-refractivity contribution in [3.05, 3.63) is 63.7 Å². The van der Waals surface area contributed by atoms with Crippen LogP contribution in [0.1, 0.15) is 24.0 Å². The third kappa shape index (κ3) is 3.72. The predicted molar refractivity (Wildman–Crippen MR) is 98.2 cm³/mol. The summed E-state index contributed by atoms with van der Waals surface area (Å²) in [6.45, 7) is 2.60. The summed E-state index contributed by atoms with van der Waals surface area (Å²) >= 11 is 0. The molecule has 134 valence electrons. The van der Waals surface area contributed by atoms with Gasteiger partial charge >= 0.3 is 0 Å². The maximum Gasteiger partial charge on any atom is 0.273 e. The fraction of sp³-hybridized carbons (Fsp3) is 0.263. The van der Waals surface area contributed by atoms with Gasteiger partial charge in [-0.15, -0.1) is 0 Å². The van der Waals surface area contributed by atoms with Crippen LogP contribution >= 0.6 is 0 Å². The lowest BCUT2D eigenvalue weighted by Crippen LogP contribution is -2.24. The molecule has 7 nitrogen and oxygen atoms in total. The van der Waals surface area contributed by atoms with E-state index in [-0.39, 0.29) is 23.9 Å². The maximum absolute atomic E-state index is 12.3. The molecule has 1 saturated heterocycles. The van der Waals surface area contributed by atoms with Crippen LogP contribution in [0.25, 0.3) is 0 Å². The normalized spacial score (nSPS) is 13.7. The summed E-state index contributed by atoms with van der Waals surface area (Å²) in [5.41, 5.74) is 2.64. The van der Waals surface area contributed by atoms with Crippen LogP contribution in [0.5, 0.6) is 0 Å². The Morgan fingerprint density at radius 2 is 2.04 bits per heavy atom. The number of nitro groups is 1. The van der Waals surface area contributed by atoms with Crippen LogP contribution in [0, 0.1) is 17.0 Å². The first kappa shape index (κ1) is 17.6. The number of benzene rings is 2. The lowest BCUT2D eigenvalue weighted by Gasteiger charge is -2.19. The van der Waals surface area contributed by atoms with E-state index in [0.29, 0.717) is 24.2 Å². The molecular weight excluding hydrogens is 334 g/mol. The summed E-state index contributed by atoms with van der Waals surface area (Å²) in [5, 5.41) is 13.8. The second-order valence-electron chi connectivity index (χ2n) is 6.26. The fourth-order valence-electron chi connectivity index (χ4n) is 3.16. The molecule has 2 amide bonds. The third-order valence-electron chi connectivity index (χ3n) is 4.38. The number of carbonyl (C=O) groups excluding carboxylic acids is 2. The van der Waals surface area contributed by atoms with Crippen molar-refractivity contribution in [1.82, 2.24) is 0 Å². The smallest absolute Gasteiger partial charge is 0.273 e. The van der Waals surface area contributed by atoms with Gasteiger partial charge in [-0.3, -0.25) is 19.7 Å². The van der Waals surface area contributed by atoms with E-state index in [1.54, 1.807) is 35.2 Å². The predicted octanol–water partition coefficient (Wildman–Crippen LogP) is 3.21. The highest BCUT2D eigenvalue weighted by atomic mass is 16.6. The molecule has 1 heterocycles. The summed E-state index contributed by atoms with van der Waals surface area (Å²) in [5.74, 6) is -0.218. The van der Waals surface area contributed by atoms with Gasteiger partial charge in [0.2, 0.25) is 11.8 Å². The minimum absolute atomic E-state index is 0.0678.